The summed E-state index contributed by atoms with van der Waals surface area (Å²) in [6.45, 7) is 2.10. The molecular weight excluding hydrogens is 295 g/mol. The van der Waals surface area contributed by atoms with Gasteiger partial charge < -0.3 is 10.1 Å². The molecule has 2 aromatic rings. The molecule has 2 aromatic carbocycles. The van der Waals surface area contributed by atoms with Crippen LogP contribution in [0.5, 0.6) is 0 Å². The molecule has 4 nitrogen and oxygen atoms in total. The highest BCUT2D eigenvalue weighted by atomic mass is 19.1. The Kier molecular flexibility index (Phi) is 5.45. The minimum Gasteiger partial charge on any atom is -0.367 e. The summed E-state index contributed by atoms with van der Waals surface area (Å²) in [5.74, 6) is -0.891. The molecule has 0 heterocycles. The Morgan fingerprint density at radius 1 is 1.30 bits per heavy atom. The third kappa shape index (κ3) is 4.15. The average Bonchev–Trinajstić information content (AvgIpc) is 2.57. The number of hydrogen-bond donors (Lipinski definition) is 1. The topological polar surface area (TPSA) is 62.1 Å². The van der Waals surface area contributed by atoms with Gasteiger partial charge in [0.15, 0.2) is 6.10 Å². The van der Waals surface area contributed by atoms with E-state index in [4.69, 9.17) is 10.00 Å². The van der Waals surface area contributed by atoms with Crippen LogP contribution < -0.4 is 5.32 Å². The maximum absolute atomic E-state index is 13.9. The molecule has 0 radical (unpaired) electrons. The molecular formula is C18H17FN2O2. The van der Waals surface area contributed by atoms with Gasteiger partial charge in [-0.15, -0.1) is 0 Å². The van der Waals surface area contributed by atoms with E-state index in [2.05, 4.69) is 5.32 Å². The molecule has 0 bridgehead atoms. The zero-order valence-electron chi connectivity index (χ0n) is 13.0. The van der Waals surface area contributed by atoms with Gasteiger partial charge in [0.05, 0.1) is 11.6 Å². The summed E-state index contributed by atoms with van der Waals surface area (Å²) in [4.78, 5) is 12.3. The summed E-state index contributed by atoms with van der Waals surface area (Å²) in [5, 5.41) is 11.5. The Labute approximate surface area is 134 Å². The summed E-state index contributed by atoms with van der Waals surface area (Å²) < 4.78 is 19.1. The molecule has 23 heavy (non-hydrogen) atoms. The van der Waals surface area contributed by atoms with Gasteiger partial charge in [0.2, 0.25) is 0 Å². The molecule has 1 atom stereocenters. The molecule has 1 N–H and O–H groups in total. The van der Waals surface area contributed by atoms with Gasteiger partial charge in [0, 0.05) is 19.2 Å². The smallest absolute Gasteiger partial charge is 0.254 e. The van der Waals surface area contributed by atoms with Crippen molar-refractivity contribution in [3.8, 4) is 6.07 Å². The number of aryl methyl sites for hydroxylation is 1. The quantitative estimate of drug-likeness (QED) is 0.923. The van der Waals surface area contributed by atoms with E-state index in [1.54, 1.807) is 36.4 Å². The first-order valence-corrected chi connectivity index (χ1v) is 7.10. The van der Waals surface area contributed by atoms with Crippen molar-refractivity contribution in [2.24, 2.45) is 0 Å². The lowest BCUT2D eigenvalue weighted by atomic mass is 10.0. The molecule has 1 amide bonds. The minimum atomic E-state index is -1.01. The Balaban J connectivity index is 2.08. The zero-order chi connectivity index (χ0) is 16.8. The lowest BCUT2D eigenvalue weighted by Crippen LogP contribution is -2.30. The number of methoxy groups -OCH3 is 1. The average molecular weight is 312 g/mol. The second-order valence-electron chi connectivity index (χ2n) is 5.17. The number of hydrogen-bond acceptors (Lipinski definition) is 3. The Hall–Kier alpha value is -2.71. The predicted octanol–water partition coefficient (Wildman–Crippen LogP) is 3.01. The van der Waals surface area contributed by atoms with Crippen molar-refractivity contribution in [3.63, 3.8) is 0 Å². The number of nitrogens with zero attached hydrogens (tertiary/aromatic N) is 1. The number of carbonyl (C=O) groups excluding carboxylic acids is 1. The number of carbonyl (C=O) groups is 1. The van der Waals surface area contributed by atoms with Crippen LogP contribution in [0.25, 0.3) is 0 Å². The number of nitriles is 1. The van der Waals surface area contributed by atoms with Crippen LogP contribution in [0.1, 0.15) is 28.4 Å². The van der Waals surface area contributed by atoms with E-state index in [0.717, 1.165) is 11.1 Å². The molecule has 0 aliphatic carbocycles. The number of halogens is 1. The highest BCUT2D eigenvalue weighted by Gasteiger charge is 2.23. The van der Waals surface area contributed by atoms with E-state index in [1.807, 2.05) is 13.0 Å². The fourth-order valence-electron chi connectivity index (χ4n) is 2.22. The molecule has 0 fully saturated rings. The third-order valence-electron chi connectivity index (χ3n) is 3.46. The van der Waals surface area contributed by atoms with Crippen LogP contribution in [-0.4, -0.2) is 13.0 Å². The molecule has 0 aromatic heterocycles. The number of rotatable bonds is 5. The Bertz CT molecular complexity index is 736. The fourth-order valence-corrected chi connectivity index (χ4v) is 2.22. The van der Waals surface area contributed by atoms with Crippen LogP contribution in [-0.2, 0) is 16.1 Å². The maximum Gasteiger partial charge on any atom is 0.254 e. The highest BCUT2D eigenvalue weighted by Crippen LogP contribution is 2.22. The molecule has 0 saturated carbocycles. The van der Waals surface area contributed by atoms with Gasteiger partial charge in [-0.05, 0) is 30.7 Å². The molecule has 118 valence electrons. The number of nitrogens with one attached hydrogen (secondary N) is 1. The maximum atomic E-state index is 13.9. The summed E-state index contributed by atoms with van der Waals surface area (Å²) in [6, 6.07) is 13.5. The van der Waals surface area contributed by atoms with Gasteiger partial charge in [-0.3, -0.25) is 4.79 Å². The van der Waals surface area contributed by atoms with E-state index >= 15 is 0 Å². The van der Waals surface area contributed by atoms with Crippen molar-refractivity contribution >= 4 is 5.91 Å². The van der Waals surface area contributed by atoms with Crippen LogP contribution in [0.4, 0.5) is 4.39 Å². The highest BCUT2D eigenvalue weighted by molar-refractivity contribution is 5.82. The monoisotopic (exact) mass is 312 g/mol. The van der Waals surface area contributed by atoms with Gasteiger partial charge in [-0.25, -0.2) is 4.39 Å². The second kappa shape index (κ2) is 7.52. The summed E-state index contributed by atoms with van der Waals surface area (Å²) >= 11 is 0. The van der Waals surface area contributed by atoms with Crippen molar-refractivity contribution in [2.75, 3.05) is 7.11 Å². The van der Waals surface area contributed by atoms with E-state index in [1.165, 1.54) is 13.2 Å². The van der Waals surface area contributed by atoms with E-state index in [0.29, 0.717) is 5.56 Å². The lowest BCUT2D eigenvalue weighted by Gasteiger charge is -2.17. The zero-order valence-corrected chi connectivity index (χ0v) is 13.0. The van der Waals surface area contributed by atoms with E-state index in [9.17, 15) is 9.18 Å². The van der Waals surface area contributed by atoms with Crippen LogP contribution in [0, 0.1) is 24.1 Å². The Morgan fingerprint density at radius 2 is 2.00 bits per heavy atom. The molecule has 5 heteroatoms. The normalized spacial score (nSPS) is 11.6. The van der Waals surface area contributed by atoms with Gasteiger partial charge in [0.1, 0.15) is 5.82 Å². The summed E-state index contributed by atoms with van der Waals surface area (Å²) in [6.07, 6.45) is -1.01. The summed E-state index contributed by atoms with van der Waals surface area (Å²) in [5.41, 5.74) is 2.46. The van der Waals surface area contributed by atoms with Gasteiger partial charge in [-0.1, -0.05) is 29.8 Å². The van der Waals surface area contributed by atoms with Crippen LogP contribution in [0.15, 0.2) is 42.5 Å². The van der Waals surface area contributed by atoms with Crippen molar-refractivity contribution in [1.29, 1.82) is 5.26 Å². The van der Waals surface area contributed by atoms with Gasteiger partial charge in [0.25, 0.3) is 5.91 Å². The first-order valence-electron chi connectivity index (χ1n) is 7.10. The van der Waals surface area contributed by atoms with Crippen molar-refractivity contribution in [2.45, 2.75) is 19.6 Å². The SMILES string of the molecule is CO[C@H](C(=O)NCc1ccc(C#N)cc1)c1cc(C)ccc1F. The predicted molar refractivity (Wildman–Crippen MR) is 83.9 cm³/mol. The van der Waals surface area contributed by atoms with Crippen molar-refractivity contribution < 1.29 is 13.9 Å². The standard InChI is InChI=1S/C18H17FN2O2/c1-12-3-8-16(19)15(9-12)17(23-2)18(22)21-11-14-6-4-13(10-20)5-7-14/h3-9,17H,11H2,1-2H3,(H,21,22)/t17-/m0/s1. The first-order chi connectivity index (χ1) is 11.0. The first kappa shape index (κ1) is 16.7. The van der Waals surface area contributed by atoms with Crippen molar-refractivity contribution in [1.82, 2.24) is 5.32 Å². The van der Waals surface area contributed by atoms with E-state index < -0.39 is 17.8 Å². The summed E-state index contributed by atoms with van der Waals surface area (Å²) in [7, 11) is 1.37. The van der Waals surface area contributed by atoms with Gasteiger partial charge in [-0.2, -0.15) is 5.26 Å². The molecule has 0 aliphatic rings. The lowest BCUT2D eigenvalue weighted by molar-refractivity contribution is -0.131. The molecule has 0 saturated heterocycles. The molecule has 2 rings (SSSR count). The number of ether oxygens (including phenoxy) is 1. The van der Waals surface area contributed by atoms with Gasteiger partial charge >= 0.3 is 0 Å². The molecule has 0 aliphatic heterocycles. The number of amides is 1. The fraction of sp³-hybridized carbons (Fsp3) is 0.222. The largest absolute Gasteiger partial charge is 0.367 e. The van der Waals surface area contributed by atoms with Crippen LogP contribution >= 0.6 is 0 Å². The van der Waals surface area contributed by atoms with Crippen molar-refractivity contribution in [3.05, 3.63) is 70.5 Å². The van der Waals surface area contributed by atoms with Crippen LogP contribution in [0.2, 0.25) is 0 Å². The van der Waals surface area contributed by atoms with Crippen LogP contribution in [0.3, 0.4) is 0 Å². The second-order valence-corrected chi connectivity index (χ2v) is 5.17. The van der Waals surface area contributed by atoms with E-state index in [-0.39, 0.29) is 12.1 Å². The Morgan fingerprint density at radius 3 is 2.61 bits per heavy atom. The number of benzene rings is 2. The molecule has 0 spiro atoms. The third-order valence-corrected chi connectivity index (χ3v) is 3.46. The molecule has 0 unspecified atom stereocenters. The minimum absolute atomic E-state index is 0.213.